The van der Waals surface area contributed by atoms with Crippen LogP contribution in [-0.4, -0.2) is 65.2 Å². The van der Waals surface area contributed by atoms with Gasteiger partial charge >= 0.3 is 12.1 Å². The molecule has 1 fully saturated rings. The van der Waals surface area contributed by atoms with E-state index in [0.717, 1.165) is 5.56 Å². The van der Waals surface area contributed by atoms with Crippen molar-refractivity contribution in [2.24, 2.45) is 5.92 Å². The summed E-state index contributed by atoms with van der Waals surface area (Å²) in [5.74, 6) is -0.806. The van der Waals surface area contributed by atoms with E-state index < -0.39 is 29.7 Å². The van der Waals surface area contributed by atoms with E-state index in [-0.39, 0.29) is 17.9 Å². The fraction of sp³-hybridized carbons (Fsp3) is 0.560. The monoisotopic (exact) mass is 442 g/mol. The first-order valence-corrected chi connectivity index (χ1v) is 11.3. The van der Waals surface area contributed by atoms with E-state index in [1.165, 1.54) is 12.0 Å². The number of methoxy groups -OCH3 is 1. The first-order chi connectivity index (χ1) is 15.2. The fourth-order valence-corrected chi connectivity index (χ4v) is 4.53. The Kier molecular flexibility index (Phi) is 7.26. The molecule has 0 radical (unpaired) electrons. The second kappa shape index (κ2) is 9.76. The number of rotatable bonds is 5. The van der Waals surface area contributed by atoms with E-state index in [0.29, 0.717) is 25.8 Å². The van der Waals surface area contributed by atoms with Gasteiger partial charge < -0.3 is 14.4 Å². The van der Waals surface area contributed by atoms with Gasteiger partial charge in [0.05, 0.1) is 13.2 Å². The first-order valence-electron chi connectivity index (χ1n) is 11.3. The Morgan fingerprint density at radius 2 is 1.84 bits per heavy atom. The van der Waals surface area contributed by atoms with Gasteiger partial charge in [0, 0.05) is 18.9 Å². The van der Waals surface area contributed by atoms with Crippen LogP contribution in [0.25, 0.3) is 0 Å². The predicted octanol–water partition coefficient (Wildman–Crippen LogP) is 3.57. The normalized spacial score (nSPS) is 24.0. The van der Waals surface area contributed by atoms with Gasteiger partial charge in [0.15, 0.2) is 0 Å². The Balaban J connectivity index is 1.97. The molecular weight excluding hydrogens is 408 g/mol. The molecule has 1 aromatic carbocycles. The summed E-state index contributed by atoms with van der Waals surface area (Å²) < 4.78 is 10.7. The number of likely N-dealkylation sites (tertiary alicyclic amines) is 1. The molecule has 0 saturated carbocycles. The summed E-state index contributed by atoms with van der Waals surface area (Å²) in [7, 11) is 1.34. The Bertz CT molecular complexity index is 861. The molecule has 2 amide bonds. The maximum Gasteiger partial charge on any atom is 0.410 e. The lowest BCUT2D eigenvalue weighted by atomic mass is 9.98. The van der Waals surface area contributed by atoms with Crippen LogP contribution in [0.1, 0.15) is 46.1 Å². The van der Waals surface area contributed by atoms with Crippen molar-refractivity contribution in [2.45, 2.75) is 70.7 Å². The number of nitrogens with zero attached hydrogens (tertiary/aromatic N) is 2. The highest BCUT2D eigenvalue weighted by atomic mass is 16.6. The number of esters is 1. The van der Waals surface area contributed by atoms with Crippen molar-refractivity contribution in [2.75, 3.05) is 13.7 Å². The van der Waals surface area contributed by atoms with E-state index in [9.17, 15) is 14.4 Å². The Morgan fingerprint density at radius 3 is 2.44 bits per heavy atom. The van der Waals surface area contributed by atoms with Crippen LogP contribution >= 0.6 is 0 Å². The number of hydrogen-bond donors (Lipinski definition) is 0. The van der Waals surface area contributed by atoms with Crippen LogP contribution in [0, 0.1) is 5.92 Å². The number of ether oxygens (including phenoxy) is 2. The van der Waals surface area contributed by atoms with Crippen molar-refractivity contribution >= 4 is 18.0 Å². The molecule has 0 aliphatic carbocycles. The summed E-state index contributed by atoms with van der Waals surface area (Å²) in [6, 6.07) is 7.84. The van der Waals surface area contributed by atoms with Crippen molar-refractivity contribution in [3.63, 3.8) is 0 Å². The highest BCUT2D eigenvalue weighted by Gasteiger charge is 2.48. The topological polar surface area (TPSA) is 76.2 Å². The molecule has 32 heavy (non-hydrogen) atoms. The third-order valence-electron chi connectivity index (χ3n) is 6.02. The van der Waals surface area contributed by atoms with Crippen LogP contribution in [0.4, 0.5) is 4.79 Å². The van der Waals surface area contributed by atoms with Crippen LogP contribution < -0.4 is 0 Å². The minimum atomic E-state index is -0.788. The van der Waals surface area contributed by atoms with E-state index in [2.05, 4.69) is 0 Å². The van der Waals surface area contributed by atoms with Gasteiger partial charge in [0.2, 0.25) is 5.91 Å². The molecular formula is C25H34N2O5. The molecule has 0 bridgehead atoms. The minimum absolute atomic E-state index is 0.107. The van der Waals surface area contributed by atoms with Crippen molar-refractivity contribution in [1.82, 2.24) is 9.80 Å². The molecule has 0 spiro atoms. The quantitative estimate of drug-likeness (QED) is 0.515. The van der Waals surface area contributed by atoms with Crippen LogP contribution in [0.3, 0.4) is 0 Å². The van der Waals surface area contributed by atoms with Gasteiger partial charge in [-0.05, 0) is 39.2 Å². The molecule has 0 unspecified atom stereocenters. The fourth-order valence-electron chi connectivity index (χ4n) is 4.53. The average Bonchev–Trinajstić information content (AvgIpc) is 3.12. The second-order valence-corrected chi connectivity index (χ2v) is 9.41. The summed E-state index contributed by atoms with van der Waals surface area (Å²) in [5.41, 5.74) is 0.275. The maximum atomic E-state index is 14.0. The number of benzene rings is 1. The second-order valence-electron chi connectivity index (χ2n) is 9.41. The standard InChI is InChI=1S/C25H34N2O5/c1-6-19-13-12-18-14-15-26(24(30)32-25(2,3)4)21(18)22(28)27(19)20(23(29)31-5)16-17-10-8-7-9-11-17/h7-13,18-21H,6,14-16H2,1-5H3/t18-,19-,20+,21-/m1/s1. The largest absolute Gasteiger partial charge is 0.467 e. The number of carbonyl (C=O) groups is 3. The van der Waals surface area contributed by atoms with E-state index in [1.54, 1.807) is 25.7 Å². The van der Waals surface area contributed by atoms with Crippen molar-refractivity contribution in [3.05, 3.63) is 48.0 Å². The molecule has 4 atom stereocenters. The summed E-state index contributed by atoms with van der Waals surface area (Å²) in [6.45, 7) is 7.84. The highest BCUT2D eigenvalue weighted by molar-refractivity contribution is 5.91. The number of fused-ring (bicyclic) bond motifs is 1. The molecule has 2 aliphatic heterocycles. The summed E-state index contributed by atoms with van der Waals surface area (Å²) in [6.07, 6.45) is 5.20. The molecule has 7 heteroatoms. The number of hydrogen-bond acceptors (Lipinski definition) is 5. The highest BCUT2D eigenvalue weighted by Crippen LogP contribution is 2.34. The maximum absolute atomic E-state index is 14.0. The van der Waals surface area contributed by atoms with Crippen molar-refractivity contribution < 1.29 is 23.9 Å². The molecule has 1 aromatic rings. The van der Waals surface area contributed by atoms with Gasteiger partial charge in [0.25, 0.3) is 0 Å². The van der Waals surface area contributed by atoms with E-state index >= 15 is 0 Å². The Morgan fingerprint density at radius 1 is 1.16 bits per heavy atom. The molecule has 7 nitrogen and oxygen atoms in total. The zero-order valence-corrected chi connectivity index (χ0v) is 19.6. The third-order valence-corrected chi connectivity index (χ3v) is 6.02. The van der Waals surface area contributed by atoms with Gasteiger partial charge in [-0.1, -0.05) is 49.4 Å². The first kappa shape index (κ1) is 23.8. The van der Waals surface area contributed by atoms with Gasteiger partial charge in [-0.15, -0.1) is 0 Å². The average molecular weight is 443 g/mol. The van der Waals surface area contributed by atoms with Crippen LogP contribution in [-0.2, 0) is 25.5 Å². The lowest BCUT2D eigenvalue weighted by Crippen LogP contribution is -2.57. The Labute approximate surface area is 190 Å². The smallest absolute Gasteiger partial charge is 0.410 e. The van der Waals surface area contributed by atoms with Crippen LogP contribution in [0.15, 0.2) is 42.5 Å². The molecule has 0 N–H and O–H groups in total. The van der Waals surface area contributed by atoms with E-state index in [1.807, 2.05) is 49.4 Å². The molecule has 2 aliphatic rings. The number of carbonyl (C=O) groups excluding carboxylic acids is 3. The molecule has 2 heterocycles. The van der Waals surface area contributed by atoms with Crippen LogP contribution in [0.2, 0.25) is 0 Å². The lowest BCUT2D eigenvalue weighted by molar-refractivity contribution is -0.156. The third kappa shape index (κ3) is 5.14. The predicted molar refractivity (Wildman–Crippen MR) is 121 cm³/mol. The summed E-state index contributed by atoms with van der Waals surface area (Å²) in [4.78, 5) is 42.9. The number of amides is 2. The minimum Gasteiger partial charge on any atom is -0.467 e. The zero-order valence-electron chi connectivity index (χ0n) is 19.6. The van der Waals surface area contributed by atoms with Gasteiger partial charge in [-0.2, -0.15) is 0 Å². The van der Waals surface area contributed by atoms with Crippen LogP contribution in [0.5, 0.6) is 0 Å². The van der Waals surface area contributed by atoms with Gasteiger partial charge in [0.1, 0.15) is 17.7 Å². The lowest BCUT2D eigenvalue weighted by Gasteiger charge is -2.38. The Hall–Kier alpha value is -2.83. The molecule has 0 aromatic heterocycles. The van der Waals surface area contributed by atoms with Crippen molar-refractivity contribution in [3.8, 4) is 0 Å². The summed E-state index contributed by atoms with van der Waals surface area (Å²) in [5, 5.41) is 0. The SMILES string of the molecule is CC[C@@H]1C=C[C@@H]2CCN(C(=O)OC(C)(C)C)[C@H]2C(=O)N1[C@@H](Cc1ccccc1)C(=O)OC. The van der Waals surface area contributed by atoms with Gasteiger partial charge in [-0.25, -0.2) is 9.59 Å². The van der Waals surface area contributed by atoms with E-state index in [4.69, 9.17) is 9.47 Å². The molecule has 174 valence electrons. The van der Waals surface area contributed by atoms with Gasteiger partial charge in [-0.3, -0.25) is 9.69 Å². The molecule has 1 saturated heterocycles. The molecule has 3 rings (SSSR count). The summed E-state index contributed by atoms with van der Waals surface area (Å²) >= 11 is 0. The van der Waals surface area contributed by atoms with Crippen molar-refractivity contribution in [1.29, 1.82) is 0 Å². The zero-order chi connectivity index (χ0) is 23.5.